The zero-order valence-corrected chi connectivity index (χ0v) is 14.3. The van der Waals surface area contributed by atoms with Crippen LogP contribution in [0.15, 0.2) is 30.6 Å². The fourth-order valence-electron chi connectivity index (χ4n) is 2.38. The van der Waals surface area contributed by atoms with Crippen LogP contribution in [-0.4, -0.2) is 35.1 Å². The molecule has 0 aliphatic carbocycles. The molecule has 24 heavy (non-hydrogen) atoms. The number of amides is 1. The Balaban J connectivity index is 1.66. The van der Waals surface area contributed by atoms with Crippen LogP contribution in [0.3, 0.4) is 0 Å². The Kier molecular flexibility index (Phi) is 5.50. The van der Waals surface area contributed by atoms with Gasteiger partial charge in [0.2, 0.25) is 0 Å². The van der Waals surface area contributed by atoms with E-state index in [1.165, 1.54) is 6.33 Å². The Labute approximate surface area is 149 Å². The van der Waals surface area contributed by atoms with Crippen molar-refractivity contribution in [3.63, 3.8) is 0 Å². The van der Waals surface area contributed by atoms with E-state index < -0.39 is 0 Å². The number of nitrogens with one attached hydrogen (secondary N) is 2. The molecule has 1 amide bonds. The smallest absolute Gasteiger partial charge is 0.270 e. The molecule has 1 aromatic heterocycles. The molecule has 1 aliphatic rings. The van der Waals surface area contributed by atoms with Gasteiger partial charge in [0.25, 0.3) is 5.91 Å². The largest absolute Gasteiger partial charge is 0.376 e. The van der Waals surface area contributed by atoms with Crippen molar-refractivity contribution >= 4 is 40.6 Å². The molecule has 126 valence electrons. The highest BCUT2D eigenvalue weighted by atomic mass is 35.5. The highest BCUT2D eigenvalue weighted by molar-refractivity contribution is 6.35. The van der Waals surface area contributed by atoms with Gasteiger partial charge in [0, 0.05) is 24.2 Å². The van der Waals surface area contributed by atoms with Crippen molar-refractivity contribution in [2.24, 2.45) is 0 Å². The van der Waals surface area contributed by atoms with Crippen LogP contribution in [0, 0.1) is 0 Å². The molecule has 1 fully saturated rings. The Morgan fingerprint density at radius 3 is 2.96 bits per heavy atom. The number of rotatable bonds is 5. The van der Waals surface area contributed by atoms with Crippen molar-refractivity contribution in [1.82, 2.24) is 15.3 Å². The highest BCUT2D eigenvalue weighted by Gasteiger charge is 2.17. The maximum atomic E-state index is 12.2. The van der Waals surface area contributed by atoms with E-state index in [0.29, 0.717) is 28.1 Å². The van der Waals surface area contributed by atoms with Gasteiger partial charge in [-0.1, -0.05) is 23.2 Å². The molecule has 0 saturated carbocycles. The molecule has 8 heteroatoms. The Bertz CT molecular complexity index is 736. The van der Waals surface area contributed by atoms with E-state index in [4.69, 9.17) is 27.9 Å². The summed E-state index contributed by atoms with van der Waals surface area (Å²) < 4.78 is 5.48. The number of halogens is 2. The molecule has 6 nitrogen and oxygen atoms in total. The zero-order chi connectivity index (χ0) is 16.9. The van der Waals surface area contributed by atoms with Gasteiger partial charge in [-0.05, 0) is 31.0 Å². The number of nitrogens with zero attached hydrogens (tertiary/aromatic N) is 2. The lowest BCUT2D eigenvalue weighted by molar-refractivity contribution is 0.0853. The first-order chi connectivity index (χ1) is 11.6. The first-order valence-corrected chi connectivity index (χ1v) is 8.31. The predicted octanol–water partition coefficient (Wildman–Crippen LogP) is 3.44. The van der Waals surface area contributed by atoms with Crippen LogP contribution >= 0.6 is 23.2 Å². The van der Waals surface area contributed by atoms with Gasteiger partial charge in [-0.25, -0.2) is 9.97 Å². The number of ether oxygens (including phenoxy) is 1. The quantitative estimate of drug-likeness (QED) is 0.847. The summed E-state index contributed by atoms with van der Waals surface area (Å²) in [6.07, 6.45) is 3.40. The topological polar surface area (TPSA) is 76.1 Å². The van der Waals surface area contributed by atoms with Gasteiger partial charge in [0.05, 0.1) is 16.8 Å². The van der Waals surface area contributed by atoms with E-state index >= 15 is 0 Å². The van der Waals surface area contributed by atoms with Gasteiger partial charge >= 0.3 is 0 Å². The monoisotopic (exact) mass is 366 g/mol. The van der Waals surface area contributed by atoms with Crippen LogP contribution in [0.2, 0.25) is 10.0 Å². The molecule has 2 N–H and O–H groups in total. The molecule has 0 radical (unpaired) electrons. The highest BCUT2D eigenvalue weighted by Crippen LogP contribution is 2.27. The Morgan fingerprint density at radius 1 is 1.29 bits per heavy atom. The zero-order valence-electron chi connectivity index (χ0n) is 12.8. The minimum Gasteiger partial charge on any atom is -0.376 e. The van der Waals surface area contributed by atoms with Crippen LogP contribution in [0.4, 0.5) is 11.5 Å². The van der Waals surface area contributed by atoms with E-state index in [0.717, 1.165) is 19.4 Å². The minimum atomic E-state index is -0.270. The summed E-state index contributed by atoms with van der Waals surface area (Å²) in [4.78, 5) is 20.3. The molecule has 2 heterocycles. The molecule has 0 bridgehead atoms. The summed E-state index contributed by atoms with van der Waals surface area (Å²) in [6.45, 7) is 1.23. The summed E-state index contributed by atoms with van der Waals surface area (Å²) in [5.74, 6) is 0.185. The molecule has 1 unspecified atom stereocenters. The SMILES string of the molecule is O=C(NCC1CCCO1)c1cc(Nc2cc(Cl)ccc2Cl)ncn1. The molecule has 1 aliphatic heterocycles. The second-order valence-electron chi connectivity index (χ2n) is 5.38. The second-order valence-corrected chi connectivity index (χ2v) is 6.23. The van der Waals surface area contributed by atoms with Crippen molar-refractivity contribution in [3.8, 4) is 0 Å². The summed E-state index contributed by atoms with van der Waals surface area (Å²) in [5, 5.41) is 6.91. The van der Waals surface area contributed by atoms with Crippen molar-refractivity contribution in [3.05, 3.63) is 46.3 Å². The molecular weight excluding hydrogens is 351 g/mol. The first kappa shape index (κ1) is 17.0. The lowest BCUT2D eigenvalue weighted by Crippen LogP contribution is -2.32. The molecule has 2 aromatic rings. The van der Waals surface area contributed by atoms with E-state index in [9.17, 15) is 4.79 Å². The first-order valence-electron chi connectivity index (χ1n) is 7.56. The molecule has 1 aromatic carbocycles. The van der Waals surface area contributed by atoms with Crippen LogP contribution < -0.4 is 10.6 Å². The fraction of sp³-hybridized carbons (Fsp3) is 0.312. The molecular formula is C16H16Cl2N4O2. The molecule has 1 saturated heterocycles. The number of aromatic nitrogens is 2. The maximum Gasteiger partial charge on any atom is 0.270 e. The Hall–Kier alpha value is -1.89. The third-order valence-corrected chi connectivity index (χ3v) is 4.17. The average molecular weight is 367 g/mol. The number of benzene rings is 1. The standard InChI is InChI=1S/C16H16Cl2N4O2/c17-10-3-4-12(18)13(6-10)22-15-7-14(20-9-21-15)16(23)19-8-11-2-1-5-24-11/h3-4,6-7,9,11H,1-2,5,8H2,(H,19,23)(H,20,21,22). The van der Waals surface area contributed by atoms with Crippen LogP contribution in [-0.2, 0) is 4.74 Å². The molecule has 1 atom stereocenters. The van der Waals surface area contributed by atoms with Crippen LogP contribution in [0.5, 0.6) is 0 Å². The third-order valence-electron chi connectivity index (χ3n) is 3.61. The fourth-order valence-corrected chi connectivity index (χ4v) is 2.72. The van der Waals surface area contributed by atoms with Crippen molar-refractivity contribution in [2.45, 2.75) is 18.9 Å². The summed E-state index contributed by atoms with van der Waals surface area (Å²) in [5.41, 5.74) is 0.872. The number of hydrogen-bond acceptors (Lipinski definition) is 5. The summed E-state index contributed by atoms with van der Waals surface area (Å²) >= 11 is 12.1. The normalized spacial score (nSPS) is 16.8. The van der Waals surface area contributed by atoms with Gasteiger partial charge in [0.15, 0.2) is 0 Å². The van der Waals surface area contributed by atoms with E-state index in [2.05, 4.69) is 20.6 Å². The molecule has 3 rings (SSSR count). The molecule has 0 spiro atoms. The second kappa shape index (κ2) is 7.79. The minimum absolute atomic E-state index is 0.0821. The van der Waals surface area contributed by atoms with Gasteiger partial charge in [-0.15, -0.1) is 0 Å². The summed E-state index contributed by atoms with van der Waals surface area (Å²) in [7, 11) is 0. The lowest BCUT2D eigenvalue weighted by Gasteiger charge is -2.11. The van der Waals surface area contributed by atoms with Crippen LogP contribution in [0.1, 0.15) is 23.3 Å². The average Bonchev–Trinajstić information content (AvgIpc) is 3.10. The number of carbonyl (C=O) groups excluding carboxylic acids is 1. The van der Waals surface area contributed by atoms with Gasteiger partial charge in [-0.2, -0.15) is 0 Å². The van der Waals surface area contributed by atoms with E-state index in [1.807, 2.05) is 0 Å². The number of anilines is 2. The van der Waals surface area contributed by atoms with Gasteiger partial charge in [-0.3, -0.25) is 4.79 Å². The third kappa shape index (κ3) is 4.35. The van der Waals surface area contributed by atoms with E-state index in [1.54, 1.807) is 24.3 Å². The van der Waals surface area contributed by atoms with Gasteiger partial charge in [0.1, 0.15) is 17.8 Å². The van der Waals surface area contributed by atoms with E-state index in [-0.39, 0.29) is 17.7 Å². The van der Waals surface area contributed by atoms with Crippen molar-refractivity contribution < 1.29 is 9.53 Å². The Morgan fingerprint density at radius 2 is 2.17 bits per heavy atom. The maximum absolute atomic E-state index is 12.2. The van der Waals surface area contributed by atoms with Crippen LogP contribution in [0.25, 0.3) is 0 Å². The summed E-state index contributed by atoms with van der Waals surface area (Å²) in [6, 6.07) is 6.62. The number of carbonyl (C=O) groups is 1. The predicted molar refractivity (Wildman–Crippen MR) is 93.1 cm³/mol. The van der Waals surface area contributed by atoms with Gasteiger partial charge < -0.3 is 15.4 Å². The van der Waals surface area contributed by atoms with Crippen molar-refractivity contribution in [1.29, 1.82) is 0 Å². The van der Waals surface area contributed by atoms with Crippen molar-refractivity contribution in [2.75, 3.05) is 18.5 Å². The number of hydrogen-bond donors (Lipinski definition) is 2. The lowest BCUT2D eigenvalue weighted by atomic mass is 10.2.